The van der Waals surface area contributed by atoms with E-state index in [9.17, 15) is 0 Å². The molecule has 0 amide bonds. The minimum absolute atomic E-state index is 0.852. The first-order valence-electron chi connectivity index (χ1n) is 5.92. The molecular weight excluding hydrogens is 240 g/mol. The van der Waals surface area contributed by atoms with Crippen LogP contribution >= 0.6 is 22.9 Å². The van der Waals surface area contributed by atoms with E-state index in [1.54, 1.807) is 11.3 Å². The van der Waals surface area contributed by atoms with Crippen molar-refractivity contribution < 1.29 is 0 Å². The lowest BCUT2D eigenvalue weighted by Gasteiger charge is -2.17. The number of hydrogen-bond acceptors (Lipinski definition) is 3. The molecule has 0 aliphatic carbocycles. The van der Waals surface area contributed by atoms with Gasteiger partial charge in [0.05, 0.1) is 5.02 Å². The molecule has 0 spiro atoms. The van der Waals surface area contributed by atoms with E-state index in [0.29, 0.717) is 0 Å². The second-order valence-corrected chi connectivity index (χ2v) is 5.22. The zero-order chi connectivity index (χ0) is 11.8. The van der Waals surface area contributed by atoms with Crippen LogP contribution in [0.15, 0.2) is 11.4 Å². The van der Waals surface area contributed by atoms with E-state index >= 15 is 0 Å². The van der Waals surface area contributed by atoms with E-state index in [-0.39, 0.29) is 0 Å². The van der Waals surface area contributed by atoms with Gasteiger partial charge in [-0.2, -0.15) is 0 Å². The third-order valence-corrected chi connectivity index (χ3v) is 3.93. The Morgan fingerprint density at radius 2 is 2.12 bits per heavy atom. The normalized spacial score (nSPS) is 11.2. The Bertz CT molecular complexity index is 284. The predicted octanol–water partition coefficient (Wildman–Crippen LogP) is 3.22. The predicted molar refractivity (Wildman–Crippen MR) is 73.4 cm³/mol. The topological polar surface area (TPSA) is 15.3 Å². The van der Waals surface area contributed by atoms with Crippen molar-refractivity contribution in [1.29, 1.82) is 0 Å². The molecule has 0 aliphatic rings. The van der Waals surface area contributed by atoms with Crippen molar-refractivity contribution in [2.45, 2.75) is 26.8 Å². The van der Waals surface area contributed by atoms with Gasteiger partial charge in [-0.05, 0) is 38.7 Å². The van der Waals surface area contributed by atoms with Gasteiger partial charge in [0.25, 0.3) is 0 Å². The average Bonchev–Trinajstić information content (AvgIpc) is 2.70. The van der Waals surface area contributed by atoms with Crippen LogP contribution in [0.25, 0.3) is 0 Å². The number of nitrogens with one attached hydrogen (secondary N) is 1. The van der Waals surface area contributed by atoms with E-state index in [1.807, 2.05) is 11.4 Å². The second-order valence-electron chi connectivity index (χ2n) is 3.79. The van der Waals surface area contributed by atoms with Crippen molar-refractivity contribution >= 4 is 22.9 Å². The molecule has 92 valence electrons. The highest BCUT2D eigenvalue weighted by atomic mass is 35.5. The van der Waals surface area contributed by atoms with Crippen LogP contribution < -0.4 is 5.32 Å². The summed E-state index contributed by atoms with van der Waals surface area (Å²) in [6.07, 6.45) is 1.21. The van der Waals surface area contributed by atoms with Crippen molar-refractivity contribution in [1.82, 2.24) is 10.2 Å². The molecule has 0 fully saturated rings. The Labute approximate surface area is 108 Å². The molecular formula is C12H21ClN2S. The van der Waals surface area contributed by atoms with Gasteiger partial charge >= 0.3 is 0 Å². The minimum atomic E-state index is 0.852. The highest BCUT2D eigenvalue weighted by molar-refractivity contribution is 7.10. The lowest BCUT2D eigenvalue weighted by molar-refractivity contribution is 0.298. The molecule has 4 heteroatoms. The molecule has 0 aliphatic heterocycles. The summed E-state index contributed by atoms with van der Waals surface area (Å²) in [5, 5.41) is 6.28. The second kappa shape index (κ2) is 8.07. The van der Waals surface area contributed by atoms with Crippen molar-refractivity contribution in [3.63, 3.8) is 0 Å². The Kier molecular flexibility index (Phi) is 7.05. The zero-order valence-electron chi connectivity index (χ0n) is 10.1. The van der Waals surface area contributed by atoms with Crippen LogP contribution in [0.4, 0.5) is 0 Å². The lowest BCUT2D eigenvalue weighted by Crippen LogP contribution is -2.27. The summed E-state index contributed by atoms with van der Waals surface area (Å²) in [6, 6.07) is 2.03. The molecule has 1 heterocycles. The first-order valence-corrected chi connectivity index (χ1v) is 7.18. The molecule has 0 bridgehead atoms. The molecule has 2 nitrogen and oxygen atoms in total. The van der Waals surface area contributed by atoms with Gasteiger partial charge in [0, 0.05) is 16.8 Å². The number of hydrogen-bond donors (Lipinski definition) is 1. The van der Waals surface area contributed by atoms with Gasteiger partial charge in [0.2, 0.25) is 0 Å². The average molecular weight is 261 g/mol. The van der Waals surface area contributed by atoms with Crippen LogP contribution in [0, 0.1) is 0 Å². The maximum absolute atomic E-state index is 5.86. The summed E-state index contributed by atoms with van der Waals surface area (Å²) in [5.74, 6) is 0. The van der Waals surface area contributed by atoms with E-state index in [1.165, 1.54) is 17.8 Å². The minimum Gasteiger partial charge on any atom is -0.312 e. The first kappa shape index (κ1) is 14.0. The Morgan fingerprint density at radius 3 is 2.69 bits per heavy atom. The number of rotatable bonds is 8. The zero-order valence-corrected chi connectivity index (χ0v) is 11.7. The molecule has 0 atom stereocenters. The van der Waals surface area contributed by atoms with Crippen molar-refractivity contribution in [3.05, 3.63) is 21.3 Å². The van der Waals surface area contributed by atoms with Crippen molar-refractivity contribution in [2.24, 2.45) is 0 Å². The molecule has 16 heavy (non-hydrogen) atoms. The third-order valence-electron chi connectivity index (χ3n) is 2.64. The van der Waals surface area contributed by atoms with Gasteiger partial charge in [-0.25, -0.2) is 0 Å². The fourth-order valence-corrected chi connectivity index (χ4v) is 2.67. The van der Waals surface area contributed by atoms with E-state index < -0.39 is 0 Å². The maximum Gasteiger partial charge on any atom is 0.0516 e. The van der Waals surface area contributed by atoms with Gasteiger partial charge in [0.15, 0.2) is 0 Å². The van der Waals surface area contributed by atoms with Crippen LogP contribution in [-0.4, -0.2) is 31.1 Å². The van der Waals surface area contributed by atoms with Gasteiger partial charge < -0.3 is 10.2 Å². The van der Waals surface area contributed by atoms with Gasteiger partial charge in [-0.3, -0.25) is 0 Å². The smallest absolute Gasteiger partial charge is 0.0516 e. The lowest BCUT2D eigenvalue weighted by atomic mass is 10.3. The molecule has 1 rings (SSSR count). The Morgan fingerprint density at radius 1 is 1.38 bits per heavy atom. The molecule has 0 saturated carbocycles. The molecule has 1 aromatic heterocycles. The highest BCUT2D eigenvalue weighted by Crippen LogP contribution is 2.18. The summed E-state index contributed by atoms with van der Waals surface area (Å²) in [6.45, 7) is 9.93. The van der Waals surface area contributed by atoms with E-state index in [2.05, 4.69) is 24.1 Å². The van der Waals surface area contributed by atoms with Gasteiger partial charge in [-0.15, -0.1) is 11.3 Å². The van der Waals surface area contributed by atoms with E-state index in [4.69, 9.17) is 11.6 Å². The quantitative estimate of drug-likeness (QED) is 0.722. The van der Waals surface area contributed by atoms with E-state index in [0.717, 1.165) is 31.2 Å². The SMILES string of the molecule is CCN(CC)CCCNCc1cc(Cl)cs1. The Balaban J connectivity index is 2.04. The monoisotopic (exact) mass is 260 g/mol. The largest absolute Gasteiger partial charge is 0.312 e. The standard InChI is InChI=1S/C12H21ClN2S/c1-3-15(4-2)7-5-6-14-9-12-8-11(13)10-16-12/h8,10,14H,3-7,9H2,1-2H3. The van der Waals surface area contributed by atoms with Crippen LogP contribution in [0.3, 0.4) is 0 Å². The molecule has 0 saturated heterocycles. The molecule has 0 radical (unpaired) electrons. The summed E-state index contributed by atoms with van der Waals surface area (Å²) >= 11 is 7.57. The fraction of sp³-hybridized carbons (Fsp3) is 0.667. The van der Waals surface area contributed by atoms with Gasteiger partial charge in [-0.1, -0.05) is 25.4 Å². The van der Waals surface area contributed by atoms with Crippen LogP contribution in [-0.2, 0) is 6.54 Å². The summed E-state index contributed by atoms with van der Waals surface area (Å²) in [4.78, 5) is 3.76. The van der Waals surface area contributed by atoms with Crippen LogP contribution in [0.1, 0.15) is 25.1 Å². The molecule has 0 aromatic carbocycles. The Hall–Kier alpha value is -0.0900. The number of nitrogens with zero attached hydrogens (tertiary/aromatic N) is 1. The van der Waals surface area contributed by atoms with Crippen molar-refractivity contribution in [2.75, 3.05) is 26.2 Å². The van der Waals surface area contributed by atoms with Crippen LogP contribution in [0.2, 0.25) is 5.02 Å². The van der Waals surface area contributed by atoms with Gasteiger partial charge in [0.1, 0.15) is 0 Å². The molecule has 0 unspecified atom stereocenters. The summed E-state index contributed by atoms with van der Waals surface area (Å²) in [7, 11) is 0. The highest BCUT2D eigenvalue weighted by Gasteiger charge is 1.99. The summed E-state index contributed by atoms with van der Waals surface area (Å²) < 4.78 is 0. The number of thiophene rings is 1. The fourth-order valence-electron chi connectivity index (χ4n) is 1.63. The first-order chi connectivity index (χ1) is 7.76. The molecule has 1 N–H and O–H groups in total. The maximum atomic E-state index is 5.86. The molecule has 1 aromatic rings. The van der Waals surface area contributed by atoms with Crippen LogP contribution in [0.5, 0.6) is 0 Å². The number of halogens is 1. The van der Waals surface area contributed by atoms with Crippen molar-refractivity contribution in [3.8, 4) is 0 Å². The third kappa shape index (κ3) is 5.30. The summed E-state index contributed by atoms with van der Waals surface area (Å²) in [5.41, 5.74) is 0.